The molecule has 5 nitrogen and oxygen atoms in total. The van der Waals surface area contributed by atoms with Crippen LogP contribution in [0, 0.1) is 11.6 Å². The summed E-state index contributed by atoms with van der Waals surface area (Å²) in [6.07, 6.45) is 4.31. The molecule has 3 aromatic rings. The standard InChI is InChI=1S/C25H28F2N4O/c1-3-4-16-13-18(5-7-20(16)24-10-12-29-31(24)2)25(32)30-23-15-28-11-9-19(23)17-6-8-21(26)22(27)14-17/h5-8,10,12-14,19,23,28H,3-4,9,11,15H2,1-2H3,(H,30,32)/t19-,23+/m0/s1. The summed E-state index contributed by atoms with van der Waals surface area (Å²) < 4.78 is 29.0. The molecule has 0 spiro atoms. The van der Waals surface area contributed by atoms with E-state index >= 15 is 0 Å². The molecule has 0 bridgehead atoms. The molecule has 1 amide bonds. The first-order valence-electron chi connectivity index (χ1n) is 11.1. The van der Waals surface area contributed by atoms with Gasteiger partial charge in [0.15, 0.2) is 11.6 Å². The topological polar surface area (TPSA) is 59.0 Å². The van der Waals surface area contributed by atoms with Gasteiger partial charge in [-0.3, -0.25) is 9.48 Å². The highest BCUT2D eigenvalue weighted by atomic mass is 19.2. The summed E-state index contributed by atoms with van der Waals surface area (Å²) in [5, 5.41) is 10.7. The molecule has 0 radical (unpaired) electrons. The average molecular weight is 439 g/mol. The largest absolute Gasteiger partial charge is 0.347 e. The van der Waals surface area contributed by atoms with Gasteiger partial charge in [-0.25, -0.2) is 8.78 Å². The van der Waals surface area contributed by atoms with Crippen LogP contribution in [0.1, 0.15) is 47.2 Å². The predicted molar refractivity (Wildman–Crippen MR) is 120 cm³/mol. The van der Waals surface area contributed by atoms with Crippen LogP contribution >= 0.6 is 0 Å². The second-order valence-corrected chi connectivity index (χ2v) is 8.31. The third kappa shape index (κ3) is 4.58. The van der Waals surface area contributed by atoms with E-state index < -0.39 is 11.6 Å². The Balaban J connectivity index is 1.57. The number of hydrogen-bond acceptors (Lipinski definition) is 3. The van der Waals surface area contributed by atoms with Crippen molar-refractivity contribution in [3.8, 4) is 11.3 Å². The number of benzene rings is 2. The van der Waals surface area contributed by atoms with Crippen molar-refractivity contribution in [1.82, 2.24) is 20.4 Å². The van der Waals surface area contributed by atoms with Crippen molar-refractivity contribution >= 4 is 5.91 Å². The van der Waals surface area contributed by atoms with Crippen molar-refractivity contribution in [1.29, 1.82) is 0 Å². The normalized spacial score (nSPS) is 18.5. The fraction of sp³-hybridized carbons (Fsp3) is 0.360. The second-order valence-electron chi connectivity index (χ2n) is 8.31. The number of amides is 1. The lowest BCUT2D eigenvalue weighted by Gasteiger charge is -2.33. The Labute approximate surface area is 186 Å². The number of nitrogens with one attached hydrogen (secondary N) is 2. The van der Waals surface area contributed by atoms with Crippen LogP contribution in [0.2, 0.25) is 0 Å². The van der Waals surface area contributed by atoms with Crippen LogP contribution < -0.4 is 10.6 Å². The molecule has 2 heterocycles. The van der Waals surface area contributed by atoms with Crippen LogP contribution in [0.15, 0.2) is 48.7 Å². The van der Waals surface area contributed by atoms with Crippen molar-refractivity contribution in [2.24, 2.45) is 7.05 Å². The van der Waals surface area contributed by atoms with E-state index in [-0.39, 0.29) is 17.9 Å². The zero-order valence-electron chi connectivity index (χ0n) is 18.4. The summed E-state index contributed by atoms with van der Waals surface area (Å²) in [6.45, 7) is 3.44. The Bertz CT molecular complexity index is 1110. The molecule has 2 atom stereocenters. The van der Waals surface area contributed by atoms with Crippen molar-refractivity contribution in [2.75, 3.05) is 13.1 Å². The number of nitrogens with zero attached hydrogens (tertiary/aromatic N) is 2. The number of carbonyl (C=O) groups is 1. The fourth-order valence-corrected chi connectivity index (χ4v) is 4.50. The van der Waals surface area contributed by atoms with Gasteiger partial charge in [0.2, 0.25) is 0 Å². The molecule has 32 heavy (non-hydrogen) atoms. The average Bonchev–Trinajstić information content (AvgIpc) is 3.22. The molecule has 0 saturated carbocycles. The Morgan fingerprint density at radius 2 is 2.03 bits per heavy atom. The van der Waals surface area contributed by atoms with Gasteiger partial charge in [0, 0.05) is 42.9 Å². The number of carbonyl (C=O) groups excluding carboxylic acids is 1. The van der Waals surface area contributed by atoms with Gasteiger partial charge in [0.05, 0.1) is 5.69 Å². The Morgan fingerprint density at radius 3 is 2.75 bits per heavy atom. The molecular formula is C25H28F2N4O. The van der Waals surface area contributed by atoms with E-state index in [4.69, 9.17) is 0 Å². The number of aryl methyl sites for hydroxylation is 2. The lowest BCUT2D eigenvalue weighted by atomic mass is 9.85. The monoisotopic (exact) mass is 438 g/mol. The molecule has 2 N–H and O–H groups in total. The lowest BCUT2D eigenvalue weighted by molar-refractivity contribution is 0.0924. The predicted octanol–water partition coefficient (Wildman–Crippen LogP) is 4.19. The van der Waals surface area contributed by atoms with Gasteiger partial charge in [-0.2, -0.15) is 5.10 Å². The van der Waals surface area contributed by atoms with Crippen LogP contribution in [0.3, 0.4) is 0 Å². The number of rotatable bonds is 6. The highest BCUT2D eigenvalue weighted by Crippen LogP contribution is 2.28. The van der Waals surface area contributed by atoms with E-state index in [1.807, 2.05) is 36.0 Å². The number of hydrogen-bond donors (Lipinski definition) is 2. The van der Waals surface area contributed by atoms with Gasteiger partial charge in [-0.05, 0) is 60.8 Å². The molecule has 168 valence electrons. The molecule has 4 rings (SSSR count). The van der Waals surface area contributed by atoms with Crippen LogP contribution in [0.4, 0.5) is 8.78 Å². The molecule has 2 aromatic carbocycles. The molecule has 1 aliphatic rings. The van der Waals surface area contributed by atoms with Gasteiger partial charge < -0.3 is 10.6 Å². The van der Waals surface area contributed by atoms with Crippen LogP contribution in [0.5, 0.6) is 0 Å². The third-order valence-electron chi connectivity index (χ3n) is 6.15. The van der Waals surface area contributed by atoms with Crippen LogP contribution in [-0.4, -0.2) is 34.8 Å². The first kappa shape index (κ1) is 22.1. The fourth-order valence-electron chi connectivity index (χ4n) is 4.50. The molecule has 1 aliphatic heterocycles. The smallest absolute Gasteiger partial charge is 0.251 e. The quantitative estimate of drug-likeness (QED) is 0.607. The summed E-state index contributed by atoms with van der Waals surface area (Å²) in [5.74, 6) is -1.97. The molecule has 1 saturated heterocycles. The number of halogens is 2. The zero-order chi connectivity index (χ0) is 22.7. The maximum absolute atomic E-state index is 13.8. The van der Waals surface area contributed by atoms with Gasteiger partial charge in [0.1, 0.15) is 0 Å². The second kappa shape index (κ2) is 9.61. The molecule has 7 heteroatoms. The minimum atomic E-state index is -0.861. The highest BCUT2D eigenvalue weighted by molar-refractivity contribution is 5.95. The van der Waals surface area contributed by atoms with E-state index in [2.05, 4.69) is 22.7 Å². The summed E-state index contributed by atoms with van der Waals surface area (Å²) >= 11 is 0. The maximum Gasteiger partial charge on any atom is 0.251 e. The maximum atomic E-state index is 13.8. The number of aromatic nitrogens is 2. The molecule has 1 fully saturated rings. The minimum absolute atomic E-state index is 0.0841. The molecular weight excluding hydrogens is 410 g/mol. The van der Waals surface area contributed by atoms with Crippen molar-refractivity contribution in [3.63, 3.8) is 0 Å². The van der Waals surface area contributed by atoms with Crippen LogP contribution in [0.25, 0.3) is 11.3 Å². The molecule has 1 aromatic heterocycles. The summed E-state index contributed by atoms with van der Waals surface area (Å²) in [5.41, 5.74) is 4.48. The molecule has 0 unspecified atom stereocenters. The van der Waals surface area contributed by atoms with E-state index in [9.17, 15) is 13.6 Å². The SMILES string of the molecule is CCCc1cc(C(=O)N[C@@H]2CNCC[C@H]2c2ccc(F)c(F)c2)ccc1-c1ccnn1C. The lowest BCUT2D eigenvalue weighted by Crippen LogP contribution is -2.50. The van der Waals surface area contributed by atoms with Crippen LogP contribution in [-0.2, 0) is 13.5 Å². The van der Waals surface area contributed by atoms with E-state index in [1.54, 1.807) is 12.3 Å². The first-order chi connectivity index (χ1) is 15.5. The first-order valence-corrected chi connectivity index (χ1v) is 11.1. The van der Waals surface area contributed by atoms with Gasteiger partial charge in [0.25, 0.3) is 5.91 Å². The highest BCUT2D eigenvalue weighted by Gasteiger charge is 2.29. The minimum Gasteiger partial charge on any atom is -0.347 e. The Hall–Kier alpha value is -3.06. The van der Waals surface area contributed by atoms with E-state index in [0.29, 0.717) is 17.7 Å². The third-order valence-corrected chi connectivity index (χ3v) is 6.15. The van der Waals surface area contributed by atoms with Gasteiger partial charge >= 0.3 is 0 Å². The Morgan fingerprint density at radius 1 is 1.19 bits per heavy atom. The zero-order valence-corrected chi connectivity index (χ0v) is 18.4. The number of piperidine rings is 1. The van der Waals surface area contributed by atoms with Gasteiger partial charge in [-0.1, -0.05) is 25.5 Å². The van der Waals surface area contributed by atoms with E-state index in [1.165, 1.54) is 6.07 Å². The molecule has 0 aliphatic carbocycles. The van der Waals surface area contributed by atoms with Crippen molar-refractivity contribution in [3.05, 3.63) is 77.0 Å². The van der Waals surface area contributed by atoms with E-state index in [0.717, 1.165) is 48.7 Å². The summed E-state index contributed by atoms with van der Waals surface area (Å²) in [7, 11) is 1.90. The van der Waals surface area contributed by atoms with Crippen molar-refractivity contribution < 1.29 is 13.6 Å². The Kier molecular flexibility index (Phi) is 6.65. The summed E-state index contributed by atoms with van der Waals surface area (Å²) in [6, 6.07) is 11.5. The van der Waals surface area contributed by atoms with Crippen molar-refractivity contribution in [2.45, 2.75) is 38.1 Å². The summed E-state index contributed by atoms with van der Waals surface area (Å²) in [4.78, 5) is 13.1. The van der Waals surface area contributed by atoms with Gasteiger partial charge in [-0.15, -0.1) is 0 Å².